The highest BCUT2D eigenvalue weighted by Gasteiger charge is 1.98. The number of hydrogen-bond acceptors (Lipinski definition) is 1. The Bertz CT molecular complexity index is 370. The van der Waals surface area contributed by atoms with Gasteiger partial charge in [-0.2, -0.15) is 0 Å². The van der Waals surface area contributed by atoms with E-state index in [2.05, 4.69) is 0 Å². The number of carboxylic acid groups (broad SMARTS) is 1. The molecule has 0 atom stereocenters. The van der Waals surface area contributed by atoms with Gasteiger partial charge in [-0.05, 0) is 19.1 Å². The number of halogens is 1. The molecule has 1 rings (SSSR count). The van der Waals surface area contributed by atoms with Crippen LogP contribution in [0, 0.1) is 12.7 Å². The van der Waals surface area contributed by atoms with Crippen LogP contribution in [0.5, 0.6) is 0 Å². The van der Waals surface area contributed by atoms with Crippen molar-refractivity contribution in [2.24, 2.45) is 0 Å². The average molecular weight is 194 g/mol. The summed E-state index contributed by atoms with van der Waals surface area (Å²) in [5, 5.41) is 8.37. The van der Waals surface area contributed by atoms with Crippen LogP contribution in [0.4, 0.5) is 4.39 Å². The molecule has 0 aliphatic heterocycles. The zero-order valence-electron chi connectivity index (χ0n) is 7.83. The van der Waals surface area contributed by atoms with Crippen molar-refractivity contribution in [2.45, 2.75) is 13.3 Å². The molecule has 0 unspecified atom stereocenters. The van der Waals surface area contributed by atoms with Crippen LogP contribution in [0.2, 0.25) is 0 Å². The van der Waals surface area contributed by atoms with Gasteiger partial charge >= 0.3 is 5.97 Å². The van der Waals surface area contributed by atoms with E-state index in [0.29, 0.717) is 5.56 Å². The molecular formula is C11H11FO2. The average Bonchev–Trinajstić information content (AvgIpc) is 2.10. The Morgan fingerprint density at radius 3 is 2.93 bits per heavy atom. The van der Waals surface area contributed by atoms with Crippen molar-refractivity contribution in [2.75, 3.05) is 0 Å². The highest BCUT2D eigenvalue weighted by atomic mass is 19.1. The van der Waals surface area contributed by atoms with Crippen molar-refractivity contribution in [3.63, 3.8) is 0 Å². The fourth-order valence-corrected chi connectivity index (χ4v) is 1.08. The van der Waals surface area contributed by atoms with Crippen molar-refractivity contribution in [3.05, 3.63) is 41.2 Å². The van der Waals surface area contributed by atoms with Crippen molar-refractivity contribution in [1.82, 2.24) is 0 Å². The molecule has 0 amide bonds. The van der Waals surface area contributed by atoms with E-state index in [-0.39, 0.29) is 12.2 Å². The fraction of sp³-hybridized carbons (Fsp3) is 0.182. The number of aryl methyl sites for hydroxylation is 1. The van der Waals surface area contributed by atoms with Crippen LogP contribution in [-0.2, 0) is 4.79 Å². The van der Waals surface area contributed by atoms with Crippen molar-refractivity contribution in [1.29, 1.82) is 0 Å². The Labute approximate surface area is 81.7 Å². The summed E-state index contributed by atoms with van der Waals surface area (Å²) in [6, 6.07) is 4.72. The van der Waals surface area contributed by atoms with Gasteiger partial charge in [0.15, 0.2) is 0 Å². The predicted octanol–water partition coefficient (Wildman–Crippen LogP) is 2.62. The molecule has 0 saturated heterocycles. The molecule has 0 aliphatic carbocycles. The molecule has 1 aromatic carbocycles. The molecular weight excluding hydrogens is 183 g/mol. The summed E-state index contributed by atoms with van der Waals surface area (Å²) in [6.07, 6.45) is 2.82. The number of aliphatic carboxylic acids is 1. The standard InChI is InChI=1S/C11H11FO2/c1-8-5-6-10(12)9(7-8)3-2-4-11(13)14/h2-3,5-7H,4H2,1H3,(H,13,14). The molecule has 1 N–H and O–H groups in total. The van der Waals surface area contributed by atoms with Crippen LogP contribution in [0.15, 0.2) is 24.3 Å². The summed E-state index contributed by atoms with van der Waals surface area (Å²) in [5.74, 6) is -1.26. The Kier molecular flexibility index (Phi) is 3.40. The van der Waals surface area contributed by atoms with Gasteiger partial charge in [0.1, 0.15) is 5.82 Å². The number of carbonyl (C=O) groups is 1. The van der Waals surface area contributed by atoms with Crippen LogP contribution in [-0.4, -0.2) is 11.1 Å². The van der Waals surface area contributed by atoms with Gasteiger partial charge in [-0.25, -0.2) is 4.39 Å². The first-order valence-corrected chi connectivity index (χ1v) is 4.24. The number of rotatable bonds is 3. The molecule has 0 spiro atoms. The molecule has 0 saturated carbocycles. The largest absolute Gasteiger partial charge is 0.481 e. The second kappa shape index (κ2) is 4.56. The predicted molar refractivity (Wildman–Crippen MR) is 52.4 cm³/mol. The van der Waals surface area contributed by atoms with E-state index in [4.69, 9.17) is 5.11 Å². The molecule has 0 aliphatic rings. The summed E-state index contributed by atoms with van der Waals surface area (Å²) in [7, 11) is 0. The zero-order chi connectivity index (χ0) is 10.6. The van der Waals surface area contributed by atoms with Crippen LogP contribution in [0.25, 0.3) is 6.08 Å². The van der Waals surface area contributed by atoms with Crippen molar-refractivity contribution < 1.29 is 14.3 Å². The van der Waals surface area contributed by atoms with Crippen molar-refractivity contribution >= 4 is 12.0 Å². The first kappa shape index (κ1) is 10.4. The van der Waals surface area contributed by atoms with Gasteiger partial charge in [0.25, 0.3) is 0 Å². The van der Waals surface area contributed by atoms with E-state index in [1.165, 1.54) is 18.2 Å². The Balaban J connectivity index is 2.80. The second-order valence-corrected chi connectivity index (χ2v) is 3.03. The number of benzene rings is 1. The lowest BCUT2D eigenvalue weighted by Gasteiger charge is -1.97. The zero-order valence-corrected chi connectivity index (χ0v) is 7.83. The molecule has 0 fully saturated rings. The SMILES string of the molecule is Cc1ccc(F)c(C=CCC(=O)O)c1. The van der Waals surface area contributed by atoms with Crippen LogP contribution >= 0.6 is 0 Å². The van der Waals surface area contributed by atoms with Gasteiger partial charge < -0.3 is 5.11 Å². The van der Waals surface area contributed by atoms with Gasteiger partial charge in [0.05, 0.1) is 6.42 Å². The first-order valence-electron chi connectivity index (χ1n) is 4.24. The highest BCUT2D eigenvalue weighted by Crippen LogP contribution is 2.11. The molecule has 0 heterocycles. The molecule has 3 heteroatoms. The molecule has 0 aromatic heterocycles. The Hall–Kier alpha value is -1.64. The topological polar surface area (TPSA) is 37.3 Å². The molecule has 14 heavy (non-hydrogen) atoms. The van der Waals surface area contributed by atoms with Gasteiger partial charge in [0, 0.05) is 5.56 Å². The molecule has 0 bridgehead atoms. The second-order valence-electron chi connectivity index (χ2n) is 3.03. The summed E-state index contributed by atoms with van der Waals surface area (Å²) >= 11 is 0. The third-order valence-corrected chi connectivity index (χ3v) is 1.74. The quantitative estimate of drug-likeness (QED) is 0.803. The van der Waals surface area contributed by atoms with Gasteiger partial charge in [-0.15, -0.1) is 0 Å². The highest BCUT2D eigenvalue weighted by molar-refractivity contribution is 5.70. The van der Waals surface area contributed by atoms with E-state index >= 15 is 0 Å². The van der Waals surface area contributed by atoms with E-state index in [0.717, 1.165) is 5.56 Å². The minimum absolute atomic E-state index is 0.0899. The third-order valence-electron chi connectivity index (χ3n) is 1.74. The smallest absolute Gasteiger partial charge is 0.307 e. The number of carboxylic acids is 1. The summed E-state index contributed by atoms with van der Waals surface area (Å²) < 4.78 is 13.1. The lowest BCUT2D eigenvalue weighted by molar-refractivity contribution is -0.135. The summed E-state index contributed by atoms with van der Waals surface area (Å²) in [5.41, 5.74) is 1.37. The summed E-state index contributed by atoms with van der Waals surface area (Å²) in [6.45, 7) is 1.86. The third kappa shape index (κ3) is 3.01. The van der Waals surface area contributed by atoms with E-state index in [9.17, 15) is 9.18 Å². The van der Waals surface area contributed by atoms with Crippen LogP contribution in [0.3, 0.4) is 0 Å². The van der Waals surface area contributed by atoms with Crippen LogP contribution in [0.1, 0.15) is 17.5 Å². The van der Waals surface area contributed by atoms with Crippen LogP contribution < -0.4 is 0 Å². The number of hydrogen-bond donors (Lipinski definition) is 1. The molecule has 1 aromatic rings. The Morgan fingerprint density at radius 1 is 1.57 bits per heavy atom. The molecule has 0 radical (unpaired) electrons. The minimum atomic E-state index is -0.922. The lowest BCUT2D eigenvalue weighted by atomic mass is 10.1. The fourth-order valence-electron chi connectivity index (χ4n) is 1.08. The van der Waals surface area contributed by atoms with Gasteiger partial charge in [0.2, 0.25) is 0 Å². The monoisotopic (exact) mass is 194 g/mol. The minimum Gasteiger partial charge on any atom is -0.481 e. The first-order chi connectivity index (χ1) is 6.59. The molecule has 74 valence electrons. The van der Waals surface area contributed by atoms with Crippen molar-refractivity contribution in [3.8, 4) is 0 Å². The molecule has 2 nitrogen and oxygen atoms in total. The van der Waals surface area contributed by atoms with Gasteiger partial charge in [-0.3, -0.25) is 4.79 Å². The lowest BCUT2D eigenvalue weighted by Crippen LogP contribution is -1.90. The maximum Gasteiger partial charge on any atom is 0.307 e. The normalized spacial score (nSPS) is 10.7. The maximum atomic E-state index is 13.1. The van der Waals surface area contributed by atoms with E-state index in [1.807, 2.05) is 6.92 Å². The van der Waals surface area contributed by atoms with E-state index < -0.39 is 5.97 Å². The summed E-state index contributed by atoms with van der Waals surface area (Å²) in [4.78, 5) is 10.2. The van der Waals surface area contributed by atoms with Gasteiger partial charge in [-0.1, -0.05) is 23.8 Å². The van der Waals surface area contributed by atoms with E-state index in [1.54, 1.807) is 12.1 Å². The maximum absolute atomic E-state index is 13.1. The Morgan fingerprint density at radius 2 is 2.29 bits per heavy atom.